The van der Waals surface area contributed by atoms with Gasteiger partial charge in [0.05, 0.1) is 0 Å². The molecule has 0 amide bonds. The standard InChI is InChI=1S/C14H28O5Si/c1-6-7-8-9-10-11-13(12(2)14(15)16)20(17-3,18-4)19-5/h6-11H2,1-5H3,(H,15,16). The van der Waals surface area contributed by atoms with Gasteiger partial charge in [-0.3, -0.25) is 0 Å². The Morgan fingerprint density at radius 2 is 1.50 bits per heavy atom. The van der Waals surface area contributed by atoms with E-state index in [1.807, 2.05) is 0 Å². The first-order valence-electron chi connectivity index (χ1n) is 7.08. The van der Waals surface area contributed by atoms with E-state index >= 15 is 0 Å². The van der Waals surface area contributed by atoms with Crippen LogP contribution in [0.15, 0.2) is 10.8 Å². The molecule has 0 saturated carbocycles. The topological polar surface area (TPSA) is 65.0 Å². The molecular formula is C14H28O5Si. The summed E-state index contributed by atoms with van der Waals surface area (Å²) in [5.74, 6) is -0.948. The third-order valence-electron chi connectivity index (χ3n) is 3.48. The maximum atomic E-state index is 11.3. The van der Waals surface area contributed by atoms with Crippen LogP contribution in [-0.4, -0.2) is 41.2 Å². The summed E-state index contributed by atoms with van der Waals surface area (Å²) < 4.78 is 16.3. The average Bonchev–Trinajstić information content (AvgIpc) is 2.46. The van der Waals surface area contributed by atoms with Crippen molar-refractivity contribution in [2.75, 3.05) is 21.3 Å². The van der Waals surface area contributed by atoms with Crippen molar-refractivity contribution >= 4 is 14.8 Å². The second-order valence-corrected chi connectivity index (χ2v) is 7.68. The minimum absolute atomic E-state index is 0.276. The van der Waals surface area contributed by atoms with Crippen molar-refractivity contribution in [3.05, 3.63) is 10.8 Å². The number of rotatable bonds is 11. The van der Waals surface area contributed by atoms with Gasteiger partial charge in [-0.1, -0.05) is 32.6 Å². The lowest BCUT2D eigenvalue weighted by molar-refractivity contribution is -0.132. The lowest BCUT2D eigenvalue weighted by Gasteiger charge is -2.28. The largest absolute Gasteiger partial charge is 0.532 e. The quantitative estimate of drug-likeness (QED) is 0.361. The van der Waals surface area contributed by atoms with Gasteiger partial charge in [-0.15, -0.1) is 0 Å². The minimum atomic E-state index is -3.04. The molecule has 20 heavy (non-hydrogen) atoms. The molecule has 0 aromatic carbocycles. The third-order valence-corrected chi connectivity index (χ3v) is 6.46. The van der Waals surface area contributed by atoms with Crippen LogP contribution in [0.1, 0.15) is 52.4 Å². The predicted octanol–water partition coefficient (Wildman–Crippen LogP) is 3.17. The zero-order chi connectivity index (χ0) is 15.6. The summed E-state index contributed by atoms with van der Waals surface area (Å²) in [6, 6.07) is 0. The van der Waals surface area contributed by atoms with Crippen LogP contribution in [0.4, 0.5) is 0 Å². The van der Waals surface area contributed by atoms with Crippen molar-refractivity contribution in [3.63, 3.8) is 0 Å². The highest BCUT2D eigenvalue weighted by Crippen LogP contribution is 2.27. The molecule has 0 aliphatic rings. The summed E-state index contributed by atoms with van der Waals surface area (Å²) >= 11 is 0. The third kappa shape index (κ3) is 5.36. The second-order valence-electron chi connectivity index (χ2n) is 4.74. The molecule has 0 aliphatic heterocycles. The molecule has 0 rings (SSSR count). The van der Waals surface area contributed by atoms with Gasteiger partial charge in [-0.05, 0) is 19.8 Å². The van der Waals surface area contributed by atoms with E-state index in [2.05, 4.69) is 6.92 Å². The number of allylic oxidation sites excluding steroid dienone is 1. The fraction of sp³-hybridized carbons (Fsp3) is 0.786. The lowest BCUT2D eigenvalue weighted by Crippen LogP contribution is -2.46. The lowest BCUT2D eigenvalue weighted by atomic mass is 10.1. The van der Waals surface area contributed by atoms with E-state index in [1.54, 1.807) is 6.92 Å². The van der Waals surface area contributed by atoms with E-state index in [-0.39, 0.29) is 5.57 Å². The highest BCUT2D eigenvalue weighted by Gasteiger charge is 2.44. The Morgan fingerprint density at radius 3 is 1.90 bits per heavy atom. The van der Waals surface area contributed by atoms with Crippen LogP contribution in [-0.2, 0) is 18.1 Å². The molecule has 6 heteroatoms. The van der Waals surface area contributed by atoms with E-state index in [4.69, 9.17) is 13.3 Å². The van der Waals surface area contributed by atoms with Gasteiger partial charge in [0.1, 0.15) is 0 Å². The number of carboxylic acids is 1. The number of unbranched alkanes of at least 4 members (excludes halogenated alkanes) is 4. The number of carbonyl (C=O) groups is 1. The van der Waals surface area contributed by atoms with Crippen LogP contribution in [0.25, 0.3) is 0 Å². The molecule has 0 aliphatic carbocycles. The van der Waals surface area contributed by atoms with Gasteiger partial charge in [0.2, 0.25) is 0 Å². The Labute approximate surface area is 123 Å². The van der Waals surface area contributed by atoms with Gasteiger partial charge in [-0.25, -0.2) is 4.79 Å². The molecule has 0 spiro atoms. The van der Waals surface area contributed by atoms with Gasteiger partial charge in [0, 0.05) is 32.1 Å². The van der Waals surface area contributed by atoms with E-state index in [9.17, 15) is 9.90 Å². The van der Waals surface area contributed by atoms with Gasteiger partial charge in [0.15, 0.2) is 0 Å². The molecule has 0 heterocycles. The summed E-state index contributed by atoms with van der Waals surface area (Å²) in [7, 11) is 1.47. The SMILES string of the molecule is CCCCCCCC(=C(C)C(=O)O)[Si](OC)(OC)OC. The first-order valence-corrected chi connectivity index (χ1v) is 8.80. The zero-order valence-electron chi connectivity index (χ0n) is 13.3. The molecule has 1 N–H and O–H groups in total. The summed E-state index contributed by atoms with van der Waals surface area (Å²) in [4.78, 5) is 11.3. The summed E-state index contributed by atoms with van der Waals surface area (Å²) in [6.07, 6.45) is 6.19. The maximum Gasteiger partial charge on any atom is 0.532 e. The van der Waals surface area contributed by atoms with E-state index < -0.39 is 14.8 Å². The maximum absolute atomic E-state index is 11.3. The van der Waals surface area contributed by atoms with E-state index in [1.165, 1.54) is 34.2 Å². The molecule has 0 bridgehead atoms. The van der Waals surface area contributed by atoms with Gasteiger partial charge < -0.3 is 18.4 Å². The van der Waals surface area contributed by atoms with Crippen LogP contribution in [0.5, 0.6) is 0 Å². The van der Waals surface area contributed by atoms with Gasteiger partial charge in [0.25, 0.3) is 0 Å². The number of carboxylic acid groups (broad SMARTS) is 1. The Hall–Kier alpha value is -0.693. The highest BCUT2D eigenvalue weighted by molar-refractivity contribution is 6.69. The van der Waals surface area contributed by atoms with Gasteiger partial charge in [-0.2, -0.15) is 0 Å². The Balaban J connectivity index is 5.01. The number of hydrogen-bond acceptors (Lipinski definition) is 4. The Morgan fingerprint density at radius 1 is 1.00 bits per heavy atom. The molecule has 0 radical (unpaired) electrons. The van der Waals surface area contributed by atoms with Crippen molar-refractivity contribution < 1.29 is 23.2 Å². The van der Waals surface area contributed by atoms with E-state index in [0.29, 0.717) is 11.6 Å². The number of hydrogen-bond donors (Lipinski definition) is 1. The molecule has 0 aromatic heterocycles. The van der Waals surface area contributed by atoms with Crippen molar-refractivity contribution in [1.82, 2.24) is 0 Å². The van der Waals surface area contributed by atoms with Crippen LogP contribution >= 0.6 is 0 Å². The summed E-state index contributed by atoms with van der Waals surface area (Å²) in [5.41, 5.74) is 0.276. The Kier molecular flexibility index (Phi) is 9.74. The average molecular weight is 304 g/mol. The highest BCUT2D eigenvalue weighted by atomic mass is 28.4. The molecule has 5 nitrogen and oxygen atoms in total. The molecular weight excluding hydrogens is 276 g/mol. The van der Waals surface area contributed by atoms with Crippen molar-refractivity contribution in [2.45, 2.75) is 52.4 Å². The number of aliphatic carboxylic acids is 1. The molecule has 0 atom stereocenters. The monoisotopic (exact) mass is 304 g/mol. The second kappa shape index (κ2) is 10.1. The van der Waals surface area contributed by atoms with Crippen molar-refractivity contribution in [2.24, 2.45) is 0 Å². The molecule has 0 fully saturated rings. The van der Waals surface area contributed by atoms with Crippen molar-refractivity contribution in [1.29, 1.82) is 0 Å². The van der Waals surface area contributed by atoms with Crippen molar-refractivity contribution in [3.8, 4) is 0 Å². The Bertz CT molecular complexity index is 315. The smallest absolute Gasteiger partial charge is 0.478 e. The zero-order valence-corrected chi connectivity index (χ0v) is 14.3. The van der Waals surface area contributed by atoms with Crippen LogP contribution in [0, 0.1) is 0 Å². The fourth-order valence-corrected chi connectivity index (χ4v) is 4.51. The molecule has 0 saturated heterocycles. The molecule has 118 valence electrons. The minimum Gasteiger partial charge on any atom is -0.478 e. The van der Waals surface area contributed by atoms with Gasteiger partial charge >= 0.3 is 14.8 Å². The molecule has 0 unspecified atom stereocenters. The van der Waals surface area contributed by atoms with E-state index in [0.717, 1.165) is 19.3 Å². The van der Waals surface area contributed by atoms with Crippen LogP contribution < -0.4 is 0 Å². The predicted molar refractivity (Wildman–Crippen MR) is 80.5 cm³/mol. The van der Waals surface area contributed by atoms with Crippen LogP contribution in [0.2, 0.25) is 0 Å². The summed E-state index contributed by atoms with van der Waals surface area (Å²) in [6.45, 7) is 3.75. The molecule has 0 aromatic rings. The fourth-order valence-electron chi connectivity index (χ4n) is 2.22. The first kappa shape index (κ1) is 19.3. The first-order chi connectivity index (χ1) is 9.48. The van der Waals surface area contributed by atoms with Crippen LogP contribution in [0.3, 0.4) is 0 Å². The summed E-state index contributed by atoms with van der Waals surface area (Å²) in [5, 5.41) is 9.92. The normalized spacial score (nSPS) is 13.2.